The minimum Gasteiger partial charge on any atom is -0.481 e. The van der Waals surface area contributed by atoms with Crippen LogP contribution in [-0.4, -0.2) is 44.0 Å². The van der Waals surface area contributed by atoms with Gasteiger partial charge < -0.3 is 14.2 Å². The Hall–Kier alpha value is -0.430. The fourth-order valence-electron chi connectivity index (χ4n) is 6.01. The van der Waals surface area contributed by atoms with Gasteiger partial charge in [0.1, 0.15) is 0 Å². The molecule has 0 aromatic carbocycles. The third kappa shape index (κ3) is 33.3. The number of hydrogen-bond donors (Lipinski definition) is 1. The van der Waals surface area contributed by atoms with Gasteiger partial charge in [-0.1, -0.05) is 167 Å². The molecule has 0 saturated heterocycles. The van der Waals surface area contributed by atoms with Crippen molar-refractivity contribution in [3.05, 3.63) is 0 Å². The van der Waals surface area contributed by atoms with Crippen LogP contribution in [0.3, 0.4) is 0 Å². The van der Waals surface area contributed by atoms with Crippen LogP contribution in [0, 0.1) is 0 Å². The maximum Gasteiger partial charge on any atom is 0.345 e. The molecule has 0 aromatic heterocycles. The summed E-state index contributed by atoms with van der Waals surface area (Å²) in [5.41, 5.74) is -0.507. The highest BCUT2D eigenvalue weighted by atomic mass is 32.2. The molecular weight excluding hydrogens is 607 g/mol. The molecule has 0 rings (SSSR count). The first-order chi connectivity index (χ1) is 21.7. The number of carboxylic acids is 1. The van der Waals surface area contributed by atoms with Gasteiger partial charge >= 0.3 is 13.6 Å². The van der Waals surface area contributed by atoms with Gasteiger partial charge in [-0.05, 0) is 26.7 Å². The molecule has 270 valence electrons. The first-order valence-corrected chi connectivity index (χ1v) is 22.6. The van der Waals surface area contributed by atoms with E-state index < -0.39 is 28.9 Å². The quantitative estimate of drug-likeness (QED) is 0.0514. The van der Waals surface area contributed by atoms with Crippen LogP contribution >= 0.6 is 7.60 Å². The van der Waals surface area contributed by atoms with Gasteiger partial charge in [-0.2, -0.15) is 0 Å². The van der Waals surface area contributed by atoms with Crippen molar-refractivity contribution in [3.8, 4) is 0 Å². The lowest BCUT2D eigenvalue weighted by Gasteiger charge is -2.16. The summed E-state index contributed by atoms with van der Waals surface area (Å²) >= 11 is 0. The normalized spacial score (nSPS) is 12.2. The number of carboxylic acid groups (broad SMARTS) is 1. The van der Waals surface area contributed by atoms with Crippen LogP contribution in [0.5, 0.6) is 0 Å². The summed E-state index contributed by atoms with van der Waals surface area (Å²) < 4.78 is 47.3. The molecule has 0 aliphatic carbocycles. The predicted octanol–water partition coefficient (Wildman–Crippen LogP) is 12.0. The summed E-state index contributed by atoms with van der Waals surface area (Å²) in [5, 5.41) is 8.64. The number of aliphatic carboxylic acids is 1. The monoisotopic (exact) mass is 680 g/mol. The highest BCUT2D eigenvalue weighted by Crippen LogP contribution is 2.49. The first-order valence-electron chi connectivity index (χ1n) is 19.0. The Labute approximate surface area is 279 Å². The number of hydrogen-bond acceptors (Lipinski definition) is 6. The maximum absolute atomic E-state index is 12.5. The van der Waals surface area contributed by atoms with Crippen molar-refractivity contribution >= 4 is 23.4 Å². The zero-order chi connectivity index (χ0) is 33.3. The largest absolute Gasteiger partial charge is 0.481 e. The lowest BCUT2D eigenvalue weighted by atomic mass is 10.0. The van der Waals surface area contributed by atoms with Crippen molar-refractivity contribution in [2.24, 2.45) is 0 Å². The van der Waals surface area contributed by atoms with Crippen molar-refractivity contribution < 1.29 is 31.9 Å². The minimum absolute atomic E-state index is 0.0567. The van der Waals surface area contributed by atoms with E-state index in [4.69, 9.17) is 14.2 Å². The summed E-state index contributed by atoms with van der Waals surface area (Å²) in [6.45, 7) is 3.74. The van der Waals surface area contributed by atoms with E-state index in [1.54, 1.807) is 13.8 Å². The van der Waals surface area contributed by atoms with Crippen LogP contribution in [0.2, 0.25) is 0 Å². The second-order valence-electron chi connectivity index (χ2n) is 13.1. The smallest absolute Gasteiger partial charge is 0.345 e. The molecule has 45 heavy (non-hydrogen) atoms. The lowest BCUT2D eigenvalue weighted by Crippen LogP contribution is -2.14. The van der Waals surface area contributed by atoms with Crippen molar-refractivity contribution in [2.75, 3.05) is 24.5 Å². The Balaban J connectivity index is 3.30. The Kier molecular flexibility index (Phi) is 31.8. The highest BCUT2D eigenvalue weighted by Gasteiger charge is 2.31. The van der Waals surface area contributed by atoms with Crippen LogP contribution < -0.4 is 0 Å². The van der Waals surface area contributed by atoms with Gasteiger partial charge in [0.15, 0.2) is 15.3 Å². The van der Waals surface area contributed by atoms with Crippen LogP contribution in [0.4, 0.5) is 0 Å². The zero-order valence-electron chi connectivity index (χ0n) is 29.6. The van der Waals surface area contributed by atoms with E-state index in [0.717, 1.165) is 32.1 Å². The minimum atomic E-state index is -3.54. The van der Waals surface area contributed by atoms with Gasteiger partial charge in [0.25, 0.3) is 0 Å². The number of carbonyl (C=O) groups is 1. The average molecular weight is 681 g/mol. The van der Waals surface area contributed by atoms with Crippen molar-refractivity contribution in [3.63, 3.8) is 0 Å². The number of sulfone groups is 1. The average Bonchev–Trinajstić information content (AvgIpc) is 2.97. The SMILES string of the molecule is CCOP(=O)(CS(=O)(=O)CCCCCCCCCCCCCCCCCCCCCCCCCCCCCCC(=O)O)OCC. The standard InChI is InChI=1S/C36H73O7PS/c1-3-42-44(39,43-4-2)35-45(40,41)34-32-30-28-26-24-22-20-18-16-14-12-10-8-6-5-7-9-11-13-15-17-19-21-23-25-27-29-31-33-36(37)38/h3-35H2,1-2H3,(H,37,38). The third-order valence-electron chi connectivity index (χ3n) is 8.60. The second kappa shape index (κ2) is 32.1. The molecule has 0 aliphatic heterocycles. The number of unbranched alkanes of at least 4 members (excludes halogenated alkanes) is 27. The van der Waals surface area contributed by atoms with Crippen LogP contribution in [0.1, 0.15) is 200 Å². The summed E-state index contributed by atoms with van der Waals surface area (Å²) in [6, 6.07) is 0. The fraction of sp³-hybridized carbons (Fsp3) is 0.972. The maximum atomic E-state index is 12.5. The molecule has 0 amide bonds. The van der Waals surface area contributed by atoms with E-state index in [1.165, 1.54) is 141 Å². The molecule has 0 heterocycles. The summed E-state index contributed by atoms with van der Waals surface area (Å²) in [7, 11) is -6.98. The predicted molar refractivity (Wildman–Crippen MR) is 191 cm³/mol. The van der Waals surface area contributed by atoms with E-state index in [1.807, 2.05) is 0 Å². The highest BCUT2D eigenvalue weighted by molar-refractivity contribution is 7.97. The first kappa shape index (κ1) is 44.6. The Bertz CT molecular complexity index is 793. The van der Waals surface area contributed by atoms with Crippen molar-refractivity contribution in [2.45, 2.75) is 200 Å². The lowest BCUT2D eigenvalue weighted by molar-refractivity contribution is -0.137. The van der Waals surface area contributed by atoms with Crippen molar-refractivity contribution in [1.29, 1.82) is 0 Å². The van der Waals surface area contributed by atoms with Gasteiger partial charge in [-0.3, -0.25) is 9.36 Å². The summed E-state index contributed by atoms with van der Waals surface area (Å²) in [6.07, 6.45) is 35.8. The Morgan fingerprint density at radius 3 is 0.978 bits per heavy atom. The molecule has 0 saturated carbocycles. The van der Waals surface area contributed by atoms with Crippen LogP contribution in [0.25, 0.3) is 0 Å². The van der Waals surface area contributed by atoms with Gasteiger partial charge in [-0.15, -0.1) is 0 Å². The van der Waals surface area contributed by atoms with E-state index in [-0.39, 0.29) is 19.0 Å². The molecule has 7 nitrogen and oxygen atoms in total. The molecule has 0 aromatic rings. The molecule has 9 heteroatoms. The van der Waals surface area contributed by atoms with Gasteiger partial charge in [0.2, 0.25) is 0 Å². The van der Waals surface area contributed by atoms with E-state index >= 15 is 0 Å². The van der Waals surface area contributed by atoms with Gasteiger partial charge in [0, 0.05) is 6.42 Å². The molecule has 0 unspecified atom stereocenters. The van der Waals surface area contributed by atoms with E-state index in [9.17, 15) is 17.8 Å². The molecular formula is C36H73O7PS. The molecule has 0 fully saturated rings. The molecule has 1 N–H and O–H groups in total. The fourth-order valence-corrected chi connectivity index (χ4v) is 10.6. The summed E-state index contributed by atoms with van der Waals surface area (Å²) in [4.78, 5) is 10.5. The Morgan fingerprint density at radius 1 is 0.489 bits per heavy atom. The molecule has 0 bridgehead atoms. The molecule has 0 aliphatic rings. The van der Waals surface area contributed by atoms with Crippen LogP contribution in [-0.2, 0) is 28.2 Å². The summed E-state index contributed by atoms with van der Waals surface area (Å²) in [5.74, 6) is -0.607. The topological polar surface area (TPSA) is 107 Å². The molecule has 0 radical (unpaired) electrons. The third-order valence-corrected chi connectivity index (χ3v) is 13.7. The van der Waals surface area contributed by atoms with Gasteiger partial charge in [-0.25, -0.2) is 8.42 Å². The molecule has 0 spiro atoms. The van der Waals surface area contributed by atoms with E-state index in [0.29, 0.717) is 12.8 Å². The van der Waals surface area contributed by atoms with Crippen molar-refractivity contribution in [1.82, 2.24) is 0 Å². The van der Waals surface area contributed by atoms with Crippen LogP contribution in [0.15, 0.2) is 0 Å². The number of rotatable bonds is 37. The Morgan fingerprint density at radius 2 is 0.733 bits per heavy atom. The zero-order valence-corrected chi connectivity index (χ0v) is 31.3. The molecule has 0 atom stereocenters. The second-order valence-corrected chi connectivity index (χ2v) is 17.7. The van der Waals surface area contributed by atoms with Gasteiger partial charge in [0.05, 0.1) is 19.0 Å². The van der Waals surface area contributed by atoms with E-state index in [2.05, 4.69) is 0 Å².